The van der Waals surface area contributed by atoms with Crippen LogP contribution >= 0.6 is 23.1 Å². The van der Waals surface area contributed by atoms with Gasteiger partial charge in [-0.3, -0.25) is 9.69 Å². The highest BCUT2D eigenvalue weighted by atomic mass is 32.2. The van der Waals surface area contributed by atoms with Crippen LogP contribution in [0.2, 0.25) is 0 Å². The lowest BCUT2D eigenvalue weighted by atomic mass is 10.1. The first kappa shape index (κ1) is 20.8. The molecule has 156 valence electrons. The van der Waals surface area contributed by atoms with E-state index in [1.807, 2.05) is 10.3 Å². The average Bonchev–Trinajstić information content (AvgIpc) is 3.33. The number of carbonyl (C=O) groups is 1. The van der Waals surface area contributed by atoms with E-state index < -0.39 is 9.84 Å². The molecule has 9 heteroatoms. The Kier molecular flexibility index (Phi) is 6.29. The summed E-state index contributed by atoms with van der Waals surface area (Å²) in [5, 5.41) is 2.03. The van der Waals surface area contributed by atoms with Gasteiger partial charge in [-0.1, -0.05) is 41.6 Å². The van der Waals surface area contributed by atoms with Crippen molar-refractivity contribution in [2.45, 2.75) is 23.7 Å². The molecule has 0 N–H and O–H groups in total. The van der Waals surface area contributed by atoms with E-state index in [0.717, 1.165) is 35.1 Å². The minimum absolute atomic E-state index is 0.126. The number of piperazine rings is 1. The number of carbonyl (C=O) groups excluding carboxylic acids is 1. The lowest BCUT2D eigenvalue weighted by Crippen LogP contribution is -2.52. The van der Waals surface area contributed by atoms with Crippen LogP contribution in [0.4, 0.5) is 0 Å². The van der Waals surface area contributed by atoms with E-state index >= 15 is 0 Å². The first-order chi connectivity index (χ1) is 13.9. The molecule has 2 aliphatic rings. The molecular weight excluding hydrogens is 426 g/mol. The number of nitrogens with zero attached hydrogens (tertiary/aromatic N) is 3. The normalized spacial score (nSPS) is 22.1. The van der Waals surface area contributed by atoms with Gasteiger partial charge in [0.2, 0.25) is 5.91 Å². The summed E-state index contributed by atoms with van der Waals surface area (Å²) in [6.45, 7) is 4.91. The molecule has 1 aromatic heterocycles. The smallest absolute Gasteiger partial charge is 0.233 e. The maximum absolute atomic E-state index is 12.6. The van der Waals surface area contributed by atoms with E-state index in [2.05, 4.69) is 41.1 Å². The number of thioether (sulfide) groups is 1. The molecule has 6 nitrogen and oxygen atoms in total. The van der Waals surface area contributed by atoms with Crippen LogP contribution < -0.4 is 0 Å². The summed E-state index contributed by atoms with van der Waals surface area (Å²) in [5.41, 5.74) is 3.26. The highest BCUT2D eigenvalue weighted by Crippen LogP contribution is 2.29. The third kappa shape index (κ3) is 5.20. The largest absolute Gasteiger partial charge is 0.339 e. The number of hydrogen-bond acceptors (Lipinski definition) is 7. The number of thiazole rings is 1. The highest BCUT2D eigenvalue weighted by Gasteiger charge is 2.34. The summed E-state index contributed by atoms with van der Waals surface area (Å²) in [6, 6.07) is 8.41. The molecule has 2 aromatic rings. The topological polar surface area (TPSA) is 70.6 Å². The predicted octanol–water partition coefficient (Wildman–Crippen LogP) is 2.54. The van der Waals surface area contributed by atoms with E-state index in [9.17, 15) is 13.2 Å². The fourth-order valence-corrected chi connectivity index (χ4v) is 7.29. The number of amides is 1. The van der Waals surface area contributed by atoms with Gasteiger partial charge in [-0.15, -0.1) is 11.3 Å². The minimum Gasteiger partial charge on any atom is -0.339 e. The van der Waals surface area contributed by atoms with Crippen LogP contribution in [-0.4, -0.2) is 78.6 Å². The van der Waals surface area contributed by atoms with Crippen LogP contribution in [0.5, 0.6) is 0 Å². The quantitative estimate of drug-likeness (QED) is 0.651. The Hall–Kier alpha value is -1.42. The number of rotatable bonds is 5. The lowest BCUT2D eigenvalue weighted by molar-refractivity contribution is -0.130. The Morgan fingerprint density at radius 3 is 2.59 bits per heavy atom. The maximum Gasteiger partial charge on any atom is 0.233 e. The molecule has 3 heterocycles. The molecule has 2 aliphatic heterocycles. The molecule has 4 rings (SSSR count). The monoisotopic (exact) mass is 451 g/mol. The van der Waals surface area contributed by atoms with E-state index in [4.69, 9.17) is 0 Å². The Labute approximate surface area is 180 Å². The summed E-state index contributed by atoms with van der Waals surface area (Å²) in [7, 11) is -2.87. The zero-order valence-corrected chi connectivity index (χ0v) is 18.9. The predicted molar refractivity (Wildman–Crippen MR) is 118 cm³/mol. The van der Waals surface area contributed by atoms with Gasteiger partial charge in [0.1, 0.15) is 0 Å². The van der Waals surface area contributed by atoms with Crippen LogP contribution in [0, 0.1) is 6.92 Å². The molecule has 1 unspecified atom stereocenters. The Morgan fingerprint density at radius 2 is 1.93 bits per heavy atom. The van der Waals surface area contributed by atoms with Crippen molar-refractivity contribution in [2.75, 3.05) is 43.4 Å². The van der Waals surface area contributed by atoms with Crippen LogP contribution in [-0.2, 0) is 14.6 Å². The van der Waals surface area contributed by atoms with Crippen molar-refractivity contribution in [1.29, 1.82) is 0 Å². The van der Waals surface area contributed by atoms with E-state index in [1.54, 1.807) is 11.3 Å². The Balaban J connectivity index is 1.25. The fraction of sp³-hybridized carbons (Fsp3) is 0.500. The first-order valence-electron chi connectivity index (χ1n) is 9.77. The third-order valence-electron chi connectivity index (χ3n) is 5.54. The van der Waals surface area contributed by atoms with E-state index in [-0.39, 0.29) is 17.7 Å². The summed E-state index contributed by atoms with van der Waals surface area (Å²) >= 11 is 3.06. The fourth-order valence-electron chi connectivity index (χ4n) is 3.80. The van der Waals surface area contributed by atoms with Crippen molar-refractivity contribution in [2.24, 2.45) is 0 Å². The second-order valence-electron chi connectivity index (χ2n) is 7.63. The standard InChI is InChI=1S/C20H25N3O3S3/c1-15-2-4-16(5-3-15)18-12-27-20(21-18)28-13-19(24)23-9-7-22(8-10-23)17-6-11-29(25,26)14-17/h2-5,12,17H,6-11,13-14H2,1H3. The molecule has 1 amide bonds. The van der Waals surface area contributed by atoms with Crippen LogP contribution in [0.25, 0.3) is 11.3 Å². The second kappa shape index (κ2) is 8.75. The van der Waals surface area contributed by atoms with Gasteiger partial charge in [0, 0.05) is 43.2 Å². The number of hydrogen-bond donors (Lipinski definition) is 0. The van der Waals surface area contributed by atoms with Crippen LogP contribution in [0.3, 0.4) is 0 Å². The lowest BCUT2D eigenvalue weighted by Gasteiger charge is -2.37. The van der Waals surface area contributed by atoms with Crippen LogP contribution in [0.1, 0.15) is 12.0 Å². The zero-order chi connectivity index (χ0) is 20.4. The van der Waals surface area contributed by atoms with Gasteiger partial charge in [0.25, 0.3) is 0 Å². The van der Waals surface area contributed by atoms with Crippen molar-refractivity contribution < 1.29 is 13.2 Å². The van der Waals surface area contributed by atoms with Gasteiger partial charge in [-0.05, 0) is 13.3 Å². The van der Waals surface area contributed by atoms with Gasteiger partial charge < -0.3 is 4.90 Å². The molecule has 0 spiro atoms. The summed E-state index contributed by atoms with van der Waals surface area (Å²) in [4.78, 5) is 21.4. The second-order valence-corrected chi connectivity index (χ2v) is 11.9. The summed E-state index contributed by atoms with van der Waals surface area (Å²) in [6.07, 6.45) is 0.722. The molecule has 0 bridgehead atoms. The van der Waals surface area contributed by atoms with Gasteiger partial charge >= 0.3 is 0 Å². The average molecular weight is 452 g/mol. The molecule has 29 heavy (non-hydrogen) atoms. The summed E-state index contributed by atoms with van der Waals surface area (Å²) in [5.74, 6) is 1.08. The molecular formula is C20H25N3O3S3. The zero-order valence-electron chi connectivity index (χ0n) is 16.4. The van der Waals surface area contributed by atoms with Gasteiger partial charge in [-0.2, -0.15) is 0 Å². The van der Waals surface area contributed by atoms with E-state index in [1.165, 1.54) is 17.3 Å². The van der Waals surface area contributed by atoms with Crippen molar-refractivity contribution in [3.63, 3.8) is 0 Å². The van der Waals surface area contributed by atoms with Gasteiger partial charge in [0.05, 0.1) is 23.0 Å². The molecule has 0 radical (unpaired) electrons. The molecule has 0 aliphatic carbocycles. The van der Waals surface area contributed by atoms with Crippen molar-refractivity contribution in [3.05, 3.63) is 35.2 Å². The molecule has 1 aromatic carbocycles. The molecule has 2 fully saturated rings. The SMILES string of the molecule is Cc1ccc(-c2csc(SCC(=O)N3CCN(C4CCS(=O)(=O)C4)CC3)n2)cc1. The number of benzene rings is 1. The van der Waals surface area contributed by atoms with Crippen LogP contribution in [0.15, 0.2) is 34.0 Å². The maximum atomic E-state index is 12.6. The minimum atomic E-state index is -2.87. The van der Waals surface area contributed by atoms with Crippen molar-refractivity contribution in [1.82, 2.24) is 14.8 Å². The number of sulfone groups is 1. The Bertz CT molecular complexity index is 964. The number of aromatic nitrogens is 1. The van der Waals surface area contributed by atoms with Crippen molar-refractivity contribution >= 4 is 38.8 Å². The molecule has 0 saturated carbocycles. The van der Waals surface area contributed by atoms with Crippen molar-refractivity contribution in [3.8, 4) is 11.3 Å². The Morgan fingerprint density at radius 1 is 1.21 bits per heavy atom. The highest BCUT2D eigenvalue weighted by molar-refractivity contribution is 8.01. The summed E-state index contributed by atoms with van der Waals surface area (Å²) < 4.78 is 24.3. The molecule has 1 atom stereocenters. The first-order valence-corrected chi connectivity index (χ1v) is 13.5. The third-order valence-corrected chi connectivity index (χ3v) is 9.30. The number of aryl methyl sites for hydroxylation is 1. The molecule has 2 saturated heterocycles. The van der Waals surface area contributed by atoms with Gasteiger partial charge in [0.15, 0.2) is 14.2 Å². The van der Waals surface area contributed by atoms with E-state index in [0.29, 0.717) is 24.6 Å². The van der Waals surface area contributed by atoms with Gasteiger partial charge in [-0.25, -0.2) is 13.4 Å².